The van der Waals surface area contributed by atoms with Crippen LogP contribution in [0.25, 0.3) is 21.5 Å². The first-order chi connectivity index (χ1) is 18.9. The Labute approximate surface area is 245 Å². The molecule has 0 aliphatic rings. The van der Waals surface area contributed by atoms with E-state index in [0.29, 0.717) is 6.54 Å². The second-order valence-electron chi connectivity index (χ2n) is 7.26. The summed E-state index contributed by atoms with van der Waals surface area (Å²) in [5, 5.41) is 38.2. The van der Waals surface area contributed by atoms with Gasteiger partial charge in [-0.2, -0.15) is 0 Å². The molecule has 2 aromatic heterocycles. The van der Waals surface area contributed by atoms with Crippen LogP contribution in [0, 0.1) is 30.6 Å². The zero-order valence-electron chi connectivity index (χ0n) is 21.2. The molecule has 12 nitrogen and oxygen atoms in total. The molecule has 0 radical (unpaired) electrons. The summed E-state index contributed by atoms with van der Waals surface area (Å²) in [4.78, 5) is 24.1. The van der Waals surface area contributed by atoms with Gasteiger partial charge in [0.15, 0.2) is 0 Å². The predicted octanol–water partition coefficient (Wildman–Crippen LogP) is 4.72. The zero-order valence-corrected chi connectivity index (χ0v) is 23.5. The van der Waals surface area contributed by atoms with Gasteiger partial charge in [-0.1, -0.05) is 60.7 Å². The van der Waals surface area contributed by atoms with Crippen LogP contribution in [0.5, 0.6) is 0 Å². The van der Waals surface area contributed by atoms with Crippen molar-refractivity contribution in [1.82, 2.24) is 15.3 Å². The number of aromatic nitrogens is 2. The van der Waals surface area contributed by atoms with E-state index in [-0.39, 0.29) is 21.1 Å². The Balaban J connectivity index is 0.000000593. The van der Waals surface area contributed by atoms with Crippen LogP contribution in [0.2, 0.25) is 0 Å². The Morgan fingerprint density at radius 2 is 1.02 bits per heavy atom. The Morgan fingerprint density at radius 3 is 1.32 bits per heavy atom. The van der Waals surface area contributed by atoms with E-state index in [9.17, 15) is 0 Å². The number of rotatable bonds is 4. The molecule has 2 heterocycles. The maximum Gasteiger partial charge on any atom is 4.00 e. The van der Waals surface area contributed by atoms with Crippen LogP contribution in [0.4, 0.5) is 0 Å². The van der Waals surface area contributed by atoms with Crippen molar-refractivity contribution in [3.8, 4) is 0 Å². The van der Waals surface area contributed by atoms with E-state index in [0.717, 1.165) is 13.1 Å². The molecule has 3 N–H and O–H groups in total. The number of benzene rings is 3. The molecule has 0 bridgehead atoms. The molecule has 0 amide bonds. The van der Waals surface area contributed by atoms with E-state index in [1.165, 1.54) is 27.1 Å². The molecule has 0 aliphatic heterocycles. The number of pyridine rings is 2. The van der Waals surface area contributed by atoms with Crippen molar-refractivity contribution < 1.29 is 31.2 Å². The van der Waals surface area contributed by atoms with Crippen molar-refractivity contribution in [3.63, 3.8) is 0 Å². The van der Waals surface area contributed by atoms with E-state index in [1.54, 1.807) is 24.8 Å². The smallest absolute Gasteiger partial charge is 0.356 e. The first-order valence-electron chi connectivity index (χ1n) is 11.5. The molecule has 0 atom stereocenters. The zero-order chi connectivity index (χ0) is 28.7. The fraction of sp³-hybridized carbons (Fsp3) is 0.111. The van der Waals surface area contributed by atoms with Crippen molar-refractivity contribution in [3.05, 3.63) is 152 Å². The molecular formula is C27H28N6O6Pt+2. The van der Waals surface area contributed by atoms with Gasteiger partial charge >= 0.3 is 21.1 Å². The number of nitrogens with two attached hydrogens (primary N) is 1. The Bertz CT molecular complexity index is 1210. The minimum absolute atomic E-state index is 0. The van der Waals surface area contributed by atoms with Crippen molar-refractivity contribution in [2.45, 2.75) is 6.54 Å². The third kappa shape index (κ3) is 16.4. The maximum absolute atomic E-state index is 8.25. The minimum atomic E-state index is -1.75. The van der Waals surface area contributed by atoms with Gasteiger partial charge in [-0.3, -0.25) is 9.97 Å². The summed E-state index contributed by atoms with van der Waals surface area (Å²) < 4.78 is 0. The Kier molecular flexibility index (Phi) is 19.9. The van der Waals surface area contributed by atoms with Crippen LogP contribution in [-0.4, -0.2) is 33.2 Å². The third-order valence-corrected chi connectivity index (χ3v) is 4.64. The van der Waals surface area contributed by atoms with E-state index >= 15 is 0 Å². The number of nitrogens with one attached hydrogen (secondary N) is 1. The van der Waals surface area contributed by atoms with Gasteiger partial charge in [0.2, 0.25) is 0 Å². The van der Waals surface area contributed by atoms with Crippen molar-refractivity contribution in [2.24, 2.45) is 5.73 Å². The van der Waals surface area contributed by atoms with Gasteiger partial charge in [0, 0.05) is 44.4 Å². The van der Waals surface area contributed by atoms with Crippen LogP contribution in [0.1, 0.15) is 5.56 Å². The molecule has 0 fully saturated rings. The standard InChI is InChI=1S/C17H18N2.2C5H5N.2NO3.Pt/c18-9-10-19-12-17-15-7-3-1-5-13(15)11-14-6-2-4-8-16(14)17;2*1-2-4-6-5-3-1;2*2-1(3)4;/h1-8,11,19H,9-10,12,18H2;2*1-5H;;;/q;;;2*-1;+4. The molecule has 0 unspecified atom stereocenters. The molecule has 13 heteroatoms. The predicted molar refractivity (Wildman–Crippen MR) is 151 cm³/mol. The second kappa shape index (κ2) is 22.5. The topological polar surface area (TPSA) is 196 Å². The molecule has 0 spiro atoms. The monoisotopic (exact) mass is 727 g/mol. The second-order valence-corrected chi connectivity index (χ2v) is 7.26. The van der Waals surface area contributed by atoms with Crippen molar-refractivity contribution in [1.29, 1.82) is 0 Å². The molecule has 40 heavy (non-hydrogen) atoms. The first kappa shape index (κ1) is 35.5. The molecule has 0 saturated heterocycles. The van der Waals surface area contributed by atoms with Gasteiger partial charge in [-0.05, 0) is 57.4 Å². The summed E-state index contributed by atoms with van der Waals surface area (Å²) in [6, 6.07) is 30.8. The van der Waals surface area contributed by atoms with E-state index in [2.05, 4.69) is 69.9 Å². The van der Waals surface area contributed by atoms with Crippen molar-refractivity contribution >= 4 is 21.5 Å². The van der Waals surface area contributed by atoms with E-state index in [4.69, 9.17) is 36.4 Å². The quantitative estimate of drug-likeness (QED) is 0.113. The number of fused-ring (bicyclic) bond motifs is 2. The number of hydrogen-bond acceptors (Lipinski definition) is 10. The summed E-state index contributed by atoms with van der Waals surface area (Å²) >= 11 is 0. The van der Waals surface area contributed by atoms with E-state index in [1.807, 2.05) is 36.4 Å². The molecule has 5 rings (SSSR count). The minimum Gasteiger partial charge on any atom is -0.356 e. The average molecular weight is 728 g/mol. The van der Waals surface area contributed by atoms with Crippen LogP contribution in [0.3, 0.4) is 0 Å². The molecule has 0 saturated carbocycles. The first-order valence-corrected chi connectivity index (χ1v) is 11.5. The van der Waals surface area contributed by atoms with Gasteiger partial charge in [-0.25, -0.2) is 0 Å². The van der Waals surface area contributed by atoms with Gasteiger partial charge in [-0.15, -0.1) is 0 Å². The molecule has 210 valence electrons. The summed E-state index contributed by atoms with van der Waals surface area (Å²) in [5.74, 6) is 0. The normalized spacial score (nSPS) is 8.93. The SMILES string of the molecule is NCCNCc1c2ccccc2cc2ccccc12.O=[N+]([O-])[O-].O=[N+]([O-])[O-].[Pt+4].c1ccncc1.c1ccncc1. The number of nitrogens with zero attached hydrogens (tertiary/aromatic N) is 4. The van der Waals surface area contributed by atoms with Crippen LogP contribution >= 0.6 is 0 Å². The van der Waals surface area contributed by atoms with Crippen LogP contribution in [-0.2, 0) is 27.6 Å². The summed E-state index contributed by atoms with van der Waals surface area (Å²) in [6.07, 6.45) is 7.00. The molecular weight excluding hydrogens is 699 g/mol. The fourth-order valence-electron chi connectivity index (χ4n) is 3.24. The Morgan fingerprint density at radius 1 is 0.650 bits per heavy atom. The summed E-state index contributed by atoms with van der Waals surface area (Å²) in [6.45, 7) is 2.37. The largest absolute Gasteiger partial charge is 4.00 e. The molecule has 0 aliphatic carbocycles. The van der Waals surface area contributed by atoms with Crippen molar-refractivity contribution in [2.75, 3.05) is 13.1 Å². The van der Waals surface area contributed by atoms with E-state index < -0.39 is 10.2 Å². The summed E-state index contributed by atoms with van der Waals surface area (Å²) in [5.41, 5.74) is 6.92. The van der Waals surface area contributed by atoms with Crippen LogP contribution < -0.4 is 11.1 Å². The van der Waals surface area contributed by atoms with Crippen LogP contribution in [0.15, 0.2) is 116 Å². The van der Waals surface area contributed by atoms with Gasteiger partial charge in [0.1, 0.15) is 0 Å². The summed E-state index contributed by atoms with van der Waals surface area (Å²) in [7, 11) is 0. The Hall–Kier alpha value is -4.51. The molecule has 5 aromatic rings. The van der Waals surface area contributed by atoms with Gasteiger partial charge in [0.05, 0.1) is 10.2 Å². The van der Waals surface area contributed by atoms with Gasteiger partial charge in [0.25, 0.3) is 0 Å². The molecule has 3 aromatic carbocycles. The third-order valence-electron chi connectivity index (χ3n) is 4.64. The fourth-order valence-corrected chi connectivity index (χ4v) is 3.24. The average Bonchev–Trinajstić information content (AvgIpc) is 2.95. The maximum atomic E-state index is 8.25. The van der Waals surface area contributed by atoms with Gasteiger partial charge < -0.3 is 41.7 Å². The number of hydrogen-bond donors (Lipinski definition) is 2.